The monoisotopic (exact) mass is 344 g/mol. The third kappa shape index (κ3) is 4.48. The number of carbonyl (C=O) groups is 1. The number of amides is 1. The van der Waals surface area contributed by atoms with Crippen molar-refractivity contribution in [2.24, 2.45) is 0 Å². The van der Waals surface area contributed by atoms with Gasteiger partial charge in [0.2, 0.25) is 0 Å². The first-order valence-corrected chi connectivity index (χ1v) is 7.39. The molecule has 0 saturated carbocycles. The lowest BCUT2D eigenvalue weighted by Crippen LogP contribution is -2.17. The van der Waals surface area contributed by atoms with Crippen molar-refractivity contribution in [3.63, 3.8) is 0 Å². The number of hydrogen-bond donors (Lipinski definition) is 1. The molecule has 0 aromatic heterocycles. The first-order valence-electron chi connectivity index (χ1n) is 7.39. The summed E-state index contributed by atoms with van der Waals surface area (Å²) in [6.45, 7) is 3.81. The minimum Gasteiger partial charge on any atom is -0.321 e. The van der Waals surface area contributed by atoms with E-state index in [1.165, 1.54) is 18.2 Å². The number of rotatable bonds is 3. The van der Waals surface area contributed by atoms with Crippen LogP contribution in [0.5, 0.6) is 0 Å². The number of nitrogens with one attached hydrogen (secondary N) is 1. The van der Waals surface area contributed by atoms with Crippen LogP contribution in [0.4, 0.5) is 18.9 Å². The van der Waals surface area contributed by atoms with Gasteiger partial charge < -0.3 is 5.32 Å². The second kappa shape index (κ2) is 7.22. The molecule has 2 aromatic rings. The highest BCUT2D eigenvalue weighted by Crippen LogP contribution is 2.34. The van der Waals surface area contributed by atoms with Gasteiger partial charge in [-0.2, -0.15) is 18.4 Å². The maximum atomic E-state index is 13.0. The van der Waals surface area contributed by atoms with E-state index < -0.39 is 17.6 Å². The lowest BCUT2D eigenvalue weighted by molar-refractivity contribution is -0.137. The summed E-state index contributed by atoms with van der Waals surface area (Å²) in [5, 5.41) is 11.4. The Morgan fingerprint density at radius 1 is 1.12 bits per heavy atom. The fourth-order valence-corrected chi connectivity index (χ4v) is 2.20. The number of carbonyl (C=O) groups excluding carboxylic acids is 1. The van der Waals surface area contributed by atoms with Crippen LogP contribution in [0.15, 0.2) is 48.0 Å². The highest BCUT2D eigenvalue weighted by atomic mass is 19.4. The van der Waals surface area contributed by atoms with E-state index in [0.29, 0.717) is 5.56 Å². The fraction of sp³-hybridized carbons (Fsp3) is 0.158. The zero-order valence-electron chi connectivity index (χ0n) is 13.6. The van der Waals surface area contributed by atoms with Gasteiger partial charge in [0.25, 0.3) is 5.91 Å². The second-order valence-corrected chi connectivity index (χ2v) is 5.51. The number of nitrogens with zero attached hydrogens (tertiary/aromatic N) is 1. The first kappa shape index (κ1) is 18.3. The first-order chi connectivity index (χ1) is 11.7. The van der Waals surface area contributed by atoms with E-state index in [0.717, 1.165) is 23.3 Å². The van der Waals surface area contributed by atoms with Crippen LogP contribution >= 0.6 is 0 Å². The molecule has 25 heavy (non-hydrogen) atoms. The number of hydrogen-bond acceptors (Lipinski definition) is 2. The Morgan fingerprint density at radius 3 is 2.40 bits per heavy atom. The van der Waals surface area contributed by atoms with E-state index in [1.54, 1.807) is 18.2 Å². The molecule has 0 aliphatic heterocycles. The number of aryl methyl sites for hydroxylation is 2. The van der Waals surface area contributed by atoms with Crippen molar-refractivity contribution in [2.75, 3.05) is 5.32 Å². The van der Waals surface area contributed by atoms with Crippen LogP contribution in [-0.4, -0.2) is 5.91 Å². The predicted molar refractivity (Wildman–Crippen MR) is 89.6 cm³/mol. The Kier molecular flexibility index (Phi) is 5.28. The SMILES string of the molecule is Cc1ccc(/C=C(\C#N)C(=O)Nc2ccccc2C(F)(F)F)cc1C. The minimum absolute atomic E-state index is 0.278. The quantitative estimate of drug-likeness (QED) is 0.638. The number of anilines is 1. The molecule has 0 atom stereocenters. The summed E-state index contributed by atoms with van der Waals surface area (Å²) in [4.78, 5) is 12.2. The van der Waals surface area contributed by atoms with Crippen LogP contribution in [0.3, 0.4) is 0 Å². The van der Waals surface area contributed by atoms with Gasteiger partial charge >= 0.3 is 6.18 Å². The Labute approximate surface area is 143 Å². The molecule has 0 spiro atoms. The number of halogens is 3. The van der Waals surface area contributed by atoms with Crippen molar-refractivity contribution in [2.45, 2.75) is 20.0 Å². The van der Waals surface area contributed by atoms with Crippen LogP contribution < -0.4 is 5.32 Å². The van der Waals surface area contributed by atoms with Gasteiger partial charge in [0.1, 0.15) is 11.6 Å². The number of para-hydroxylation sites is 1. The summed E-state index contributed by atoms with van der Waals surface area (Å²) in [5.74, 6) is -0.891. The minimum atomic E-state index is -4.60. The Balaban J connectivity index is 2.32. The molecule has 0 radical (unpaired) electrons. The summed E-state index contributed by atoms with van der Waals surface area (Å²) < 4.78 is 38.9. The molecule has 0 heterocycles. The summed E-state index contributed by atoms with van der Waals surface area (Å²) in [5.41, 5.74) is 1.03. The number of benzene rings is 2. The van der Waals surface area contributed by atoms with Gasteiger partial charge in [-0.1, -0.05) is 30.3 Å². The average molecular weight is 344 g/mol. The molecule has 0 bridgehead atoms. The predicted octanol–water partition coefficient (Wildman–Crippen LogP) is 4.87. The average Bonchev–Trinajstić information content (AvgIpc) is 2.55. The maximum absolute atomic E-state index is 13.0. The van der Waals surface area contributed by atoms with Crippen molar-refractivity contribution < 1.29 is 18.0 Å². The van der Waals surface area contributed by atoms with Gasteiger partial charge in [-0.3, -0.25) is 4.79 Å². The van der Waals surface area contributed by atoms with Crippen LogP contribution in [0, 0.1) is 25.2 Å². The van der Waals surface area contributed by atoms with Crippen LogP contribution in [0.2, 0.25) is 0 Å². The van der Waals surface area contributed by atoms with Gasteiger partial charge in [-0.05, 0) is 48.7 Å². The second-order valence-electron chi connectivity index (χ2n) is 5.51. The zero-order valence-corrected chi connectivity index (χ0v) is 13.6. The zero-order chi connectivity index (χ0) is 18.6. The third-order valence-electron chi connectivity index (χ3n) is 3.69. The molecule has 0 saturated heterocycles. The van der Waals surface area contributed by atoms with E-state index in [9.17, 15) is 23.2 Å². The maximum Gasteiger partial charge on any atom is 0.418 e. The molecule has 0 aliphatic rings. The molecular formula is C19H15F3N2O. The Bertz CT molecular complexity index is 877. The van der Waals surface area contributed by atoms with Crippen molar-refractivity contribution >= 4 is 17.7 Å². The van der Waals surface area contributed by atoms with Crippen molar-refractivity contribution in [3.05, 3.63) is 70.3 Å². The van der Waals surface area contributed by atoms with Gasteiger partial charge in [0.05, 0.1) is 11.3 Å². The van der Waals surface area contributed by atoms with Crippen LogP contribution in [0.25, 0.3) is 6.08 Å². The van der Waals surface area contributed by atoms with Gasteiger partial charge in [-0.25, -0.2) is 0 Å². The molecule has 6 heteroatoms. The largest absolute Gasteiger partial charge is 0.418 e. The Morgan fingerprint density at radius 2 is 1.80 bits per heavy atom. The number of alkyl halides is 3. The molecule has 128 valence electrons. The summed E-state index contributed by atoms with van der Waals surface area (Å²) in [7, 11) is 0. The molecule has 0 fully saturated rings. The van der Waals surface area contributed by atoms with E-state index >= 15 is 0 Å². The van der Waals surface area contributed by atoms with E-state index in [1.807, 2.05) is 19.9 Å². The van der Waals surface area contributed by atoms with E-state index in [-0.39, 0.29) is 11.3 Å². The van der Waals surface area contributed by atoms with Crippen molar-refractivity contribution in [3.8, 4) is 6.07 Å². The highest BCUT2D eigenvalue weighted by molar-refractivity contribution is 6.10. The molecule has 2 aromatic carbocycles. The third-order valence-corrected chi connectivity index (χ3v) is 3.69. The lowest BCUT2D eigenvalue weighted by atomic mass is 10.0. The smallest absolute Gasteiger partial charge is 0.321 e. The van der Waals surface area contributed by atoms with E-state index in [2.05, 4.69) is 5.32 Å². The Hall–Kier alpha value is -3.07. The normalized spacial score (nSPS) is 11.8. The van der Waals surface area contributed by atoms with Crippen molar-refractivity contribution in [1.29, 1.82) is 5.26 Å². The summed E-state index contributed by atoms with van der Waals surface area (Å²) in [6, 6.07) is 11.7. The van der Waals surface area contributed by atoms with Crippen molar-refractivity contribution in [1.82, 2.24) is 0 Å². The molecule has 1 N–H and O–H groups in total. The fourth-order valence-electron chi connectivity index (χ4n) is 2.20. The van der Waals surface area contributed by atoms with Crippen LogP contribution in [-0.2, 0) is 11.0 Å². The molecule has 0 aliphatic carbocycles. The van der Waals surface area contributed by atoms with Gasteiger partial charge in [0.15, 0.2) is 0 Å². The molecule has 1 amide bonds. The summed E-state index contributed by atoms with van der Waals surface area (Å²) >= 11 is 0. The lowest BCUT2D eigenvalue weighted by Gasteiger charge is -2.13. The topological polar surface area (TPSA) is 52.9 Å². The molecular weight excluding hydrogens is 329 g/mol. The van der Waals surface area contributed by atoms with Gasteiger partial charge in [-0.15, -0.1) is 0 Å². The molecule has 2 rings (SSSR count). The summed E-state index contributed by atoms with van der Waals surface area (Å²) in [6.07, 6.45) is -3.26. The standard InChI is InChI=1S/C19H15F3N2O/c1-12-7-8-14(9-13(12)2)10-15(11-23)18(25)24-17-6-4-3-5-16(17)19(20,21)22/h3-10H,1-2H3,(H,24,25)/b15-10+. The molecule has 0 unspecified atom stereocenters. The van der Waals surface area contributed by atoms with E-state index in [4.69, 9.17) is 0 Å². The highest BCUT2D eigenvalue weighted by Gasteiger charge is 2.33. The van der Waals surface area contributed by atoms with Crippen LogP contribution in [0.1, 0.15) is 22.3 Å². The van der Waals surface area contributed by atoms with Gasteiger partial charge in [0, 0.05) is 0 Å². The molecule has 3 nitrogen and oxygen atoms in total. The number of nitriles is 1.